The molecule has 0 aliphatic heterocycles. The van der Waals surface area contributed by atoms with Crippen LogP contribution < -0.4 is 0 Å². The quantitative estimate of drug-likeness (QED) is 0.760. The van der Waals surface area contributed by atoms with E-state index < -0.39 is 0 Å². The summed E-state index contributed by atoms with van der Waals surface area (Å²) in [5.74, 6) is 3.03. The van der Waals surface area contributed by atoms with Gasteiger partial charge in [0.05, 0.1) is 6.10 Å². The highest BCUT2D eigenvalue weighted by atomic mass is 16.3. The molecule has 0 amide bonds. The number of hydrogen-bond donors (Lipinski definition) is 2. The molecule has 1 aromatic carbocycles. The molecule has 0 unspecified atom stereocenters. The third kappa shape index (κ3) is 1.81. The SMILES string of the molecule is C[C@@H]1C[C@]2(C)[C@H](O)CC[C@@H]2[C@@H]2CCc3cc(O)ccc3[C@@H]21. The summed E-state index contributed by atoms with van der Waals surface area (Å²) in [6.07, 6.45) is 5.52. The first kappa shape index (κ1) is 13.6. The molecule has 0 radical (unpaired) electrons. The molecule has 1 aromatic rings. The predicted molar refractivity (Wildman–Crippen MR) is 83.3 cm³/mol. The third-order valence-electron chi connectivity index (χ3n) is 6.95. The highest BCUT2D eigenvalue weighted by Crippen LogP contribution is 2.62. The molecule has 0 bridgehead atoms. The minimum absolute atomic E-state index is 0.105. The Morgan fingerprint density at radius 1 is 1.19 bits per heavy atom. The normalized spacial score (nSPS) is 44.8. The molecule has 2 N–H and O–H groups in total. The zero-order chi connectivity index (χ0) is 14.8. The molecule has 2 heteroatoms. The van der Waals surface area contributed by atoms with Crippen molar-refractivity contribution in [1.82, 2.24) is 0 Å². The number of phenolic OH excluding ortho intramolecular Hbond substituents is 1. The van der Waals surface area contributed by atoms with Gasteiger partial charge in [-0.15, -0.1) is 0 Å². The van der Waals surface area contributed by atoms with Gasteiger partial charge in [0.25, 0.3) is 0 Å². The molecule has 2 fully saturated rings. The Balaban J connectivity index is 1.76. The number of phenols is 1. The average molecular weight is 286 g/mol. The molecule has 114 valence electrons. The number of benzene rings is 1. The number of hydrogen-bond acceptors (Lipinski definition) is 2. The number of rotatable bonds is 0. The predicted octanol–water partition coefficient (Wildman–Crippen LogP) is 3.86. The number of aliphatic hydroxyl groups excluding tert-OH is 1. The summed E-state index contributed by atoms with van der Waals surface area (Å²) in [4.78, 5) is 0. The van der Waals surface area contributed by atoms with Crippen LogP contribution in [0.1, 0.15) is 56.6 Å². The maximum absolute atomic E-state index is 10.5. The summed E-state index contributed by atoms with van der Waals surface area (Å²) in [6, 6.07) is 5.98. The van der Waals surface area contributed by atoms with E-state index in [1.807, 2.05) is 12.1 Å². The Bertz CT molecular complexity index is 567. The molecule has 6 atom stereocenters. The van der Waals surface area contributed by atoms with E-state index in [0.717, 1.165) is 19.3 Å². The van der Waals surface area contributed by atoms with Crippen LogP contribution in [0.3, 0.4) is 0 Å². The van der Waals surface area contributed by atoms with Gasteiger partial charge in [0.2, 0.25) is 0 Å². The lowest BCUT2D eigenvalue weighted by Gasteiger charge is -2.53. The number of aromatic hydroxyl groups is 1. The van der Waals surface area contributed by atoms with E-state index in [1.165, 1.54) is 24.0 Å². The van der Waals surface area contributed by atoms with E-state index >= 15 is 0 Å². The second-order valence-corrected chi connectivity index (χ2v) is 8.00. The summed E-state index contributed by atoms with van der Waals surface area (Å²) < 4.78 is 0. The molecule has 0 aromatic heterocycles. The molecular formula is C19H26O2. The van der Waals surface area contributed by atoms with Crippen LogP contribution in [0.25, 0.3) is 0 Å². The maximum atomic E-state index is 10.5. The Labute approximate surface area is 127 Å². The molecule has 2 nitrogen and oxygen atoms in total. The zero-order valence-corrected chi connectivity index (χ0v) is 13.0. The minimum atomic E-state index is -0.105. The van der Waals surface area contributed by atoms with Crippen LogP contribution in [-0.4, -0.2) is 16.3 Å². The van der Waals surface area contributed by atoms with Crippen LogP contribution in [0.4, 0.5) is 0 Å². The molecule has 4 rings (SSSR count). The fourth-order valence-electron chi connectivity index (χ4n) is 6.10. The van der Waals surface area contributed by atoms with Crippen molar-refractivity contribution in [2.45, 2.75) is 58.0 Å². The number of fused-ring (bicyclic) bond motifs is 5. The first-order valence-electron chi connectivity index (χ1n) is 8.50. The molecular weight excluding hydrogens is 260 g/mol. The van der Waals surface area contributed by atoms with Gasteiger partial charge in [-0.2, -0.15) is 0 Å². The Hall–Kier alpha value is -1.02. The largest absolute Gasteiger partial charge is 0.508 e. The van der Waals surface area contributed by atoms with E-state index in [0.29, 0.717) is 29.4 Å². The zero-order valence-electron chi connectivity index (χ0n) is 13.0. The molecule has 0 heterocycles. The van der Waals surface area contributed by atoms with Gasteiger partial charge in [-0.25, -0.2) is 0 Å². The minimum Gasteiger partial charge on any atom is -0.508 e. The van der Waals surface area contributed by atoms with Crippen molar-refractivity contribution in [2.24, 2.45) is 23.2 Å². The summed E-state index contributed by atoms with van der Waals surface area (Å²) >= 11 is 0. The fourth-order valence-corrected chi connectivity index (χ4v) is 6.10. The lowest BCUT2D eigenvalue weighted by atomic mass is 9.52. The molecule has 0 spiro atoms. The van der Waals surface area contributed by atoms with Crippen molar-refractivity contribution in [2.75, 3.05) is 0 Å². The van der Waals surface area contributed by atoms with Crippen molar-refractivity contribution in [3.8, 4) is 5.75 Å². The first-order chi connectivity index (χ1) is 10.0. The Morgan fingerprint density at radius 2 is 2.00 bits per heavy atom. The van der Waals surface area contributed by atoms with Crippen molar-refractivity contribution in [3.63, 3.8) is 0 Å². The van der Waals surface area contributed by atoms with E-state index in [4.69, 9.17) is 0 Å². The fraction of sp³-hybridized carbons (Fsp3) is 0.684. The highest BCUT2D eigenvalue weighted by Gasteiger charge is 2.56. The van der Waals surface area contributed by atoms with E-state index in [9.17, 15) is 10.2 Å². The van der Waals surface area contributed by atoms with Gasteiger partial charge >= 0.3 is 0 Å². The molecule has 21 heavy (non-hydrogen) atoms. The smallest absolute Gasteiger partial charge is 0.115 e. The summed E-state index contributed by atoms with van der Waals surface area (Å²) in [7, 11) is 0. The molecule has 2 saturated carbocycles. The van der Waals surface area contributed by atoms with E-state index in [2.05, 4.69) is 19.9 Å². The van der Waals surface area contributed by atoms with E-state index in [1.54, 1.807) is 0 Å². The molecule has 0 saturated heterocycles. The van der Waals surface area contributed by atoms with Crippen LogP contribution in [0.2, 0.25) is 0 Å². The van der Waals surface area contributed by atoms with Crippen molar-refractivity contribution >= 4 is 0 Å². The van der Waals surface area contributed by atoms with Gasteiger partial charge < -0.3 is 10.2 Å². The number of aliphatic hydroxyl groups is 1. The van der Waals surface area contributed by atoms with Gasteiger partial charge in [-0.1, -0.05) is 19.9 Å². The van der Waals surface area contributed by atoms with Crippen molar-refractivity contribution < 1.29 is 10.2 Å². The lowest BCUT2D eigenvalue weighted by molar-refractivity contribution is -0.0441. The summed E-state index contributed by atoms with van der Waals surface area (Å²) in [5.41, 5.74) is 2.96. The second-order valence-electron chi connectivity index (χ2n) is 8.00. The van der Waals surface area contributed by atoms with Crippen molar-refractivity contribution in [1.29, 1.82) is 0 Å². The molecule has 3 aliphatic carbocycles. The topological polar surface area (TPSA) is 40.5 Å². The van der Waals surface area contributed by atoms with Gasteiger partial charge in [0, 0.05) is 0 Å². The van der Waals surface area contributed by atoms with Crippen LogP contribution in [0.5, 0.6) is 5.75 Å². The Morgan fingerprint density at radius 3 is 2.81 bits per heavy atom. The van der Waals surface area contributed by atoms with Crippen LogP contribution in [0, 0.1) is 23.2 Å². The lowest BCUT2D eigenvalue weighted by Crippen LogP contribution is -2.47. The standard InChI is InChI=1S/C19H26O2/c1-11-10-19(2)16(7-8-17(19)21)15-5-3-12-9-13(20)4-6-14(12)18(11)15/h4,6,9,11,15-18,20-21H,3,5,7-8,10H2,1-2H3/t11-,15+,16-,17-,18+,19+/m1/s1. The van der Waals surface area contributed by atoms with Gasteiger partial charge in [0.15, 0.2) is 0 Å². The highest BCUT2D eigenvalue weighted by molar-refractivity contribution is 5.40. The van der Waals surface area contributed by atoms with Crippen molar-refractivity contribution in [3.05, 3.63) is 29.3 Å². The Kier molecular flexibility index (Phi) is 2.91. The van der Waals surface area contributed by atoms with Gasteiger partial charge in [-0.3, -0.25) is 0 Å². The maximum Gasteiger partial charge on any atom is 0.115 e. The molecule has 3 aliphatic rings. The second kappa shape index (κ2) is 4.49. The average Bonchev–Trinajstić information content (AvgIpc) is 2.74. The summed E-state index contributed by atoms with van der Waals surface area (Å²) in [5, 5.41) is 20.2. The number of aryl methyl sites for hydroxylation is 1. The summed E-state index contributed by atoms with van der Waals surface area (Å²) in [6.45, 7) is 4.69. The van der Waals surface area contributed by atoms with Crippen LogP contribution in [0.15, 0.2) is 18.2 Å². The van der Waals surface area contributed by atoms with Crippen LogP contribution >= 0.6 is 0 Å². The third-order valence-corrected chi connectivity index (χ3v) is 6.95. The van der Waals surface area contributed by atoms with Crippen LogP contribution in [-0.2, 0) is 6.42 Å². The van der Waals surface area contributed by atoms with E-state index in [-0.39, 0.29) is 11.5 Å². The van der Waals surface area contributed by atoms with Gasteiger partial charge in [0.1, 0.15) is 5.75 Å². The monoisotopic (exact) mass is 286 g/mol. The first-order valence-corrected chi connectivity index (χ1v) is 8.50. The van der Waals surface area contributed by atoms with Gasteiger partial charge in [-0.05, 0) is 84.5 Å².